The highest BCUT2D eigenvalue weighted by atomic mass is 16.5. The second-order valence-electron chi connectivity index (χ2n) is 6.85. The molecule has 1 saturated carbocycles. The summed E-state index contributed by atoms with van der Waals surface area (Å²) < 4.78 is 5.86. The maximum Gasteiger partial charge on any atom is 0.190 e. The lowest BCUT2D eigenvalue weighted by Gasteiger charge is -2.50. The van der Waals surface area contributed by atoms with Crippen LogP contribution in [0.25, 0.3) is 0 Å². The average Bonchev–Trinajstić information content (AvgIpc) is 2.47. The van der Waals surface area contributed by atoms with Gasteiger partial charge < -0.3 is 9.84 Å². The molecule has 18 heavy (non-hydrogen) atoms. The lowest BCUT2D eigenvalue weighted by Crippen LogP contribution is -2.55. The molecule has 0 radical (unpaired) electrons. The predicted molar refractivity (Wildman–Crippen MR) is 68.0 cm³/mol. The molecule has 3 heteroatoms. The topological polar surface area (TPSA) is 46.5 Å². The van der Waals surface area contributed by atoms with Crippen LogP contribution in [0.4, 0.5) is 0 Å². The van der Waals surface area contributed by atoms with E-state index in [9.17, 15) is 9.90 Å². The van der Waals surface area contributed by atoms with E-state index in [-0.39, 0.29) is 17.1 Å². The number of carbonyl (C=O) groups excluding carboxylic acids is 1. The molecule has 0 spiro atoms. The van der Waals surface area contributed by atoms with E-state index in [0.29, 0.717) is 5.92 Å². The zero-order chi connectivity index (χ0) is 13.3. The van der Waals surface area contributed by atoms with Gasteiger partial charge in [-0.2, -0.15) is 0 Å². The van der Waals surface area contributed by atoms with Crippen molar-refractivity contribution < 1.29 is 14.6 Å². The van der Waals surface area contributed by atoms with Crippen molar-refractivity contribution in [2.45, 2.75) is 58.3 Å². The largest absolute Gasteiger partial charge is 0.389 e. The number of fused-ring (bicyclic) bond motifs is 4. The normalized spacial score (nSPS) is 49.8. The molecule has 0 unspecified atom stereocenters. The van der Waals surface area contributed by atoms with Crippen LogP contribution in [0.3, 0.4) is 0 Å². The van der Waals surface area contributed by atoms with Crippen LogP contribution in [0.2, 0.25) is 0 Å². The molecule has 5 atom stereocenters. The lowest BCUT2D eigenvalue weighted by atomic mass is 9.52. The van der Waals surface area contributed by atoms with Crippen molar-refractivity contribution in [1.82, 2.24) is 0 Å². The maximum atomic E-state index is 12.5. The van der Waals surface area contributed by atoms with Crippen molar-refractivity contribution in [3.05, 3.63) is 11.6 Å². The van der Waals surface area contributed by atoms with Crippen LogP contribution in [0.1, 0.15) is 40.5 Å². The molecule has 3 rings (SSSR count). The van der Waals surface area contributed by atoms with E-state index in [1.54, 1.807) is 0 Å². The van der Waals surface area contributed by atoms with Crippen LogP contribution >= 0.6 is 0 Å². The molecule has 100 valence electrons. The Labute approximate surface area is 108 Å². The molecule has 0 aromatic carbocycles. The number of hydrogen-bond acceptors (Lipinski definition) is 3. The van der Waals surface area contributed by atoms with Gasteiger partial charge in [0.15, 0.2) is 5.78 Å². The molecule has 2 bridgehead atoms. The highest BCUT2D eigenvalue weighted by Gasteiger charge is 2.66. The van der Waals surface area contributed by atoms with Crippen LogP contribution in [-0.4, -0.2) is 28.7 Å². The summed E-state index contributed by atoms with van der Waals surface area (Å²) in [5, 5.41) is 10.5. The fourth-order valence-electron chi connectivity index (χ4n) is 4.60. The first kappa shape index (κ1) is 12.4. The van der Waals surface area contributed by atoms with Crippen LogP contribution in [0, 0.1) is 17.3 Å². The van der Waals surface area contributed by atoms with Crippen LogP contribution in [-0.2, 0) is 9.53 Å². The third-order valence-electron chi connectivity index (χ3n) is 5.55. The fraction of sp³-hybridized carbons (Fsp3) is 0.800. The Bertz CT molecular complexity index is 437. The van der Waals surface area contributed by atoms with E-state index >= 15 is 0 Å². The predicted octanol–water partition coefficient (Wildman–Crippen LogP) is 2.09. The Kier molecular flexibility index (Phi) is 2.37. The molecular weight excluding hydrogens is 228 g/mol. The number of Topliss-reactive ketones (excluding diaryl/α,β-unsaturated/α-hetero) is 1. The summed E-state index contributed by atoms with van der Waals surface area (Å²) in [5.41, 5.74) is 0.230. The molecule has 3 nitrogen and oxygen atoms in total. The Morgan fingerprint density at radius 2 is 2.06 bits per heavy atom. The summed E-state index contributed by atoms with van der Waals surface area (Å²) in [6, 6.07) is 0. The smallest absolute Gasteiger partial charge is 0.190 e. The van der Waals surface area contributed by atoms with Crippen molar-refractivity contribution in [2.75, 3.05) is 0 Å². The minimum Gasteiger partial charge on any atom is -0.389 e. The van der Waals surface area contributed by atoms with E-state index in [2.05, 4.69) is 19.9 Å². The summed E-state index contributed by atoms with van der Waals surface area (Å²) in [6.07, 6.45) is 2.83. The Hall–Kier alpha value is -0.670. The van der Waals surface area contributed by atoms with Gasteiger partial charge >= 0.3 is 0 Å². The molecule has 2 fully saturated rings. The zero-order valence-corrected chi connectivity index (χ0v) is 11.6. The van der Waals surface area contributed by atoms with Gasteiger partial charge in [-0.1, -0.05) is 19.9 Å². The van der Waals surface area contributed by atoms with Gasteiger partial charge in [-0.3, -0.25) is 4.79 Å². The first-order chi connectivity index (χ1) is 8.30. The van der Waals surface area contributed by atoms with Gasteiger partial charge in [0.05, 0.1) is 11.7 Å². The van der Waals surface area contributed by atoms with Gasteiger partial charge in [0.2, 0.25) is 0 Å². The number of allylic oxidation sites excluding steroid dienone is 1. The molecule has 2 aliphatic carbocycles. The van der Waals surface area contributed by atoms with Crippen LogP contribution in [0.15, 0.2) is 11.6 Å². The molecule has 0 amide bonds. The number of aliphatic hydroxyl groups is 1. The second kappa shape index (κ2) is 3.45. The van der Waals surface area contributed by atoms with Crippen LogP contribution in [0.5, 0.6) is 0 Å². The molecule has 1 heterocycles. The minimum absolute atomic E-state index is 0.00856. The molecule has 1 aliphatic heterocycles. The van der Waals surface area contributed by atoms with E-state index in [1.807, 2.05) is 13.8 Å². The standard InChI is InChI=1S/C15H22O3/c1-8-6-5-7-9-10(16)12-11(17)13(15(8,9)4)14(2,3)18-12/h7-8,11-13,17H,5-6H2,1-4H3/t8-,11-,12-,13+,15+/m1/s1. The Morgan fingerprint density at radius 3 is 2.72 bits per heavy atom. The summed E-state index contributed by atoms with van der Waals surface area (Å²) in [6.45, 7) is 8.34. The Balaban J connectivity index is 2.20. The van der Waals surface area contributed by atoms with Crippen molar-refractivity contribution in [3.63, 3.8) is 0 Å². The number of ether oxygens (including phenoxy) is 1. The Morgan fingerprint density at radius 1 is 1.39 bits per heavy atom. The number of hydrogen-bond donors (Lipinski definition) is 1. The third kappa shape index (κ3) is 1.24. The van der Waals surface area contributed by atoms with Gasteiger partial charge in [0.1, 0.15) is 6.10 Å². The molecule has 0 aromatic heterocycles. The van der Waals surface area contributed by atoms with Crippen molar-refractivity contribution in [2.24, 2.45) is 17.3 Å². The molecule has 3 aliphatic rings. The van der Waals surface area contributed by atoms with Crippen molar-refractivity contribution in [1.29, 1.82) is 0 Å². The highest BCUT2D eigenvalue weighted by molar-refractivity contribution is 6.02. The maximum absolute atomic E-state index is 12.5. The molecule has 1 N–H and O–H groups in total. The summed E-state index contributed by atoms with van der Waals surface area (Å²) >= 11 is 0. The third-order valence-corrected chi connectivity index (χ3v) is 5.55. The molecule has 0 aromatic rings. The zero-order valence-electron chi connectivity index (χ0n) is 11.6. The van der Waals surface area contributed by atoms with E-state index in [4.69, 9.17) is 4.74 Å². The summed E-state index contributed by atoms with van der Waals surface area (Å²) in [4.78, 5) is 12.5. The fourth-order valence-corrected chi connectivity index (χ4v) is 4.60. The van der Waals surface area contributed by atoms with E-state index in [1.165, 1.54) is 0 Å². The number of carbonyl (C=O) groups is 1. The van der Waals surface area contributed by atoms with E-state index < -0.39 is 17.8 Å². The minimum atomic E-state index is -0.657. The van der Waals surface area contributed by atoms with Crippen molar-refractivity contribution in [3.8, 4) is 0 Å². The SMILES string of the molecule is C[C@@H]1CCC=C2C(=O)[C@H]3OC(C)(C)[C@H]([C@@H]3O)[C@]21C. The number of rotatable bonds is 0. The first-order valence-electron chi connectivity index (χ1n) is 6.91. The summed E-state index contributed by atoms with van der Waals surface area (Å²) in [5.74, 6) is 0.427. The van der Waals surface area contributed by atoms with Gasteiger partial charge in [-0.05, 0) is 32.6 Å². The summed E-state index contributed by atoms with van der Waals surface area (Å²) in [7, 11) is 0. The van der Waals surface area contributed by atoms with Gasteiger partial charge in [-0.15, -0.1) is 0 Å². The lowest BCUT2D eigenvalue weighted by molar-refractivity contribution is -0.134. The van der Waals surface area contributed by atoms with Crippen LogP contribution < -0.4 is 0 Å². The quantitative estimate of drug-likeness (QED) is 0.716. The number of ketones is 1. The monoisotopic (exact) mass is 250 g/mol. The second-order valence-corrected chi connectivity index (χ2v) is 6.85. The molecular formula is C15H22O3. The van der Waals surface area contributed by atoms with Gasteiger partial charge in [0, 0.05) is 16.9 Å². The van der Waals surface area contributed by atoms with E-state index in [0.717, 1.165) is 18.4 Å². The molecule has 1 saturated heterocycles. The van der Waals surface area contributed by atoms with Gasteiger partial charge in [0.25, 0.3) is 0 Å². The average molecular weight is 250 g/mol. The number of aliphatic hydroxyl groups excluding tert-OH is 1. The first-order valence-corrected chi connectivity index (χ1v) is 6.91. The van der Waals surface area contributed by atoms with Crippen molar-refractivity contribution >= 4 is 5.78 Å². The highest BCUT2D eigenvalue weighted by Crippen LogP contribution is 2.60. The van der Waals surface area contributed by atoms with Gasteiger partial charge in [-0.25, -0.2) is 0 Å².